The summed E-state index contributed by atoms with van der Waals surface area (Å²) in [4.78, 5) is 15.0. The van der Waals surface area contributed by atoms with Gasteiger partial charge in [0.05, 0.1) is 12.8 Å². The molecule has 4 rings (SSSR count). The number of aromatic amines is 1. The lowest BCUT2D eigenvalue weighted by molar-refractivity contribution is 0.0684. The van der Waals surface area contributed by atoms with Gasteiger partial charge < -0.3 is 9.64 Å². The molecule has 2 heterocycles. The number of hydrogen-bond donors (Lipinski definition) is 1. The third-order valence-corrected chi connectivity index (χ3v) is 8.13. The van der Waals surface area contributed by atoms with Gasteiger partial charge in [-0.05, 0) is 55.0 Å². The van der Waals surface area contributed by atoms with Crippen LogP contribution in [0.4, 0.5) is 0 Å². The highest BCUT2D eigenvalue weighted by molar-refractivity contribution is 7.89. The van der Waals surface area contributed by atoms with Crippen molar-refractivity contribution in [3.8, 4) is 17.0 Å². The van der Waals surface area contributed by atoms with Crippen LogP contribution in [0.1, 0.15) is 28.9 Å². The molecular formula is C25H30N4O4S. The highest BCUT2D eigenvalue weighted by atomic mass is 32.2. The molecule has 0 bridgehead atoms. The molecule has 1 saturated heterocycles. The topological polar surface area (TPSA) is 95.6 Å². The normalized spacial score (nSPS) is 15.0. The standard InChI is InChI=1S/C25H30N4O4S/c1-28(2)34(31,32)24-16-20(9-10-23(24)33-3)21-17-22(27-26-21)25(30)29-13-11-19(12-14-29)15-18-7-5-4-6-8-18/h4-10,16-17,19H,11-15H2,1-3H3,(H,26,27). The number of sulfonamides is 1. The molecule has 1 fully saturated rings. The molecular weight excluding hydrogens is 452 g/mol. The number of aromatic nitrogens is 2. The molecule has 1 aromatic heterocycles. The summed E-state index contributed by atoms with van der Waals surface area (Å²) >= 11 is 0. The van der Waals surface area contributed by atoms with Gasteiger partial charge in [0.25, 0.3) is 5.91 Å². The van der Waals surface area contributed by atoms with Gasteiger partial charge in [-0.1, -0.05) is 30.3 Å². The molecule has 1 aliphatic rings. The number of H-pyrrole nitrogens is 1. The quantitative estimate of drug-likeness (QED) is 0.557. The molecule has 1 N–H and O–H groups in total. The van der Waals surface area contributed by atoms with E-state index in [0.717, 1.165) is 23.6 Å². The maximum Gasteiger partial charge on any atom is 0.271 e. The number of nitrogens with one attached hydrogen (secondary N) is 1. The molecule has 34 heavy (non-hydrogen) atoms. The smallest absolute Gasteiger partial charge is 0.271 e. The predicted molar refractivity (Wildman–Crippen MR) is 130 cm³/mol. The Hall–Kier alpha value is -3.17. The number of hydrogen-bond acceptors (Lipinski definition) is 5. The van der Waals surface area contributed by atoms with E-state index in [9.17, 15) is 13.2 Å². The number of likely N-dealkylation sites (tertiary alicyclic amines) is 1. The molecule has 2 aromatic carbocycles. The zero-order chi connectivity index (χ0) is 24.3. The van der Waals surface area contributed by atoms with E-state index in [2.05, 4.69) is 34.5 Å². The van der Waals surface area contributed by atoms with Crippen LogP contribution in [0.25, 0.3) is 11.3 Å². The average Bonchev–Trinajstić information content (AvgIpc) is 3.34. The Morgan fingerprint density at radius 1 is 1.12 bits per heavy atom. The first-order valence-electron chi connectivity index (χ1n) is 11.3. The number of benzene rings is 2. The summed E-state index contributed by atoms with van der Waals surface area (Å²) in [6.07, 6.45) is 2.96. The van der Waals surface area contributed by atoms with Crippen molar-refractivity contribution in [2.24, 2.45) is 5.92 Å². The number of piperidine rings is 1. The van der Waals surface area contributed by atoms with Crippen molar-refractivity contribution in [3.05, 3.63) is 65.9 Å². The maximum atomic E-state index is 13.1. The molecule has 9 heteroatoms. The fourth-order valence-corrected chi connectivity index (χ4v) is 5.35. The van der Waals surface area contributed by atoms with Crippen LogP contribution in [0.2, 0.25) is 0 Å². The van der Waals surface area contributed by atoms with E-state index in [1.165, 1.54) is 32.8 Å². The van der Waals surface area contributed by atoms with Crippen molar-refractivity contribution in [1.82, 2.24) is 19.4 Å². The Morgan fingerprint density at radius 3 is 2.47 bits per heavy atom. The molecule has 0 saturated carbocycles. The van der Waals surface area contributed by atoms with Crippen molar-refractivity contribution < 1.29 is 17.9 Å². The van der Waals surface area contributed by atoms with Crippen LogP contribution in [-0.4, -0.2) is 68.0 Å². The number of nitrogens with zero attached hydrogens (tertiary/aromatic N) is 3. The van der Waals surface area contributed by atoms with Gasteiger partial charge in [-0.25, -0.2) is 12.7 Å². The molecule has 8 nitrogen and oxygen atoms in total. The number of methoxy groups -OCH3 is 1. The second-order valence-corrected chi connectivity index (χ2v) is 10.9. The number of rotatable bonds is 7. The molecule has 0 radical (unpaired) electrons. The lowest BCUT2D eigenvalue weighted by Crippen LogP contribution is -2.39. The Balaban J connectivity index is 1.46. The minimum absolute atomic E-state index is 0.0499. The number of carbonyl (C=O) groups excluding carboxylic acids is 1. The van der Waals surface area contributed by atoms with Crippen molar-refractivity contribution in [2.75, 3.05) is 34.3 Å². The second kappa shape index (κ2) is 9.99. The fraction of sp³-hybridized carbons (Fsp3) is 0.360. The van der Waals surface area contributed by atoms with E-state index in [4.69, 9.17) is 4.74 Å². The molecule has 0 atom stereocenters. The van der Waals surface area contributed by atoms with E-state index >= 15 is 0 Å². The molecule has 180 valence electrons. The third-order valence-electron chi connectivity index (χ3n) is 6.30. The van der Waals surface area contributed by atoms with Crippen LogP contribution in [0.5, 0.6) is 5.75 Å². The average molecular weight is 483 g/mol. The first-order valence-corrected chi connectivity index (χ1v) is 12.7. The largest absolute Gasteiger partial charge is 0.495 e. The zero-order valence-corrected chi connectivity index (χ0v) is 20.5. The summed E-state index contributed by atoms with van der Waals surface area (Å²) in [6.45, 7) is 1.41. The minimum atomic E-state index is -3.71. The molecule has 1 aliphatic heterocycles. The van der Waals surface area contributed by atoms with Gasteiger partial charge >= 0.3 is 0 Å². The van der Waals surface area contributed by atoms with Crippen molar-refractivity contribution in [1.29, 1.82) is 0 Å². The minimum Gasteiger partial charge on any atom is -0.495 e. The summed E-state index contributed by atoms with van der Waals surface area (Å²) < 4.78 is 31.8. The maximum absolute atomic E-state index is 13.1. The summed E-state index contributed by atoms with van der Waals surface area (Å²) in [5.74, 6) is 0.731. The number of ether oxygens (including phenoxy) is 1. The Morgan fingerprint density at radius 2 is 1.82 bits per heavy atom. The summed E-state index contributed by atoms with van der Waals surface area (Å²) in [5.41, 5.74) is 2.81. The van der Waals surface area contributed by atoms with Crippen molar-refractivity contribution in [3.63, 3.8) is 0 Å². The van der Waals surface area contributed by atoms with Gasteiger partial charge in [0.1, 0.15) is 16.3 Å². The Labute approximate surface area is 200 Å². The van der Waals surface area contributed by atoms with Gasteiger partial charge in [-0.3, -0.25) is 9.89 Å². The SMILES string of the molecule is COc1ccc(-c2cc(C(=O)N3CCC(Cc4ccccc4)CC3)[nH]n2)cc1S(=O)(=O)N(C)C. The van der Waals surface area contributed by atoms with Crippen LogP contribution in [-0.2, 0) is 16.4 Å². The second-order valence-electron chi connectivity index (χ2n) is 8.75. The summed E-state index contributed by atoms with van der Waals surface area (Å²) in [7, 11) is 0.655. The van der Waals surface area contributed by atoms with Crippen LogP contribution in [0.3, 0.4) is 0 Å². The highest BCUT2D eigenvalue weighted by Gasteiger charge is 2.26. The van der Waals surface area contributed by atoms with Gasteiger partial charge in [0, 0.05) is 32.7 Å². The number of carbonyl (C=O) groups is 1. The van der Waals surface area contributed by atoms with E-state index < -0.39 is 10.0 Å². The molecule has 1 amide bonds. The Bertz CT molecular complexity index is 1250. The van der Waals surface area contributed by atoms with Crippen LogP contribution >= 0.6 is 0 Å². The van der Waals surface area contributed by atoms with E-state index in [1.807, 2.05) is 11.0 Å². The fourth-order valence-electron chi connectivity index (χ4n) is 4.27. The van der Waals surface area contributed by atoms with E-state index in [0.29, 0.717) is 36.0 Å². The van der Waals surface area contributed by atoms with Gasteiger partial charge in [-0.15, -0.1) is 0 Å². The highest BCUT2D eigenvalue weighted by Crippen LogP contribution is 2.31. The molecule has 0 spiro atoms. The van der Waals surface area contributed by atoms with Gasteiger partial charge in [0.2, 0.25) is 10.0 Å². The first-order chi connectivity index (χ1) is 16.3. The Kier molecular flexibility index (Phi) is 7.04. The van der Waals surface area contributed by atoms with Crippen LogP contribution in [0, 0.1) is 5.92 Å². The third kappa shape index (κ3) is 5.00. The van der Waals surface area contributed by atoms with Crippen molar-refractivity contribution in [2.45, 2.75) is 24.2 Å². The molecule has 0 unspecified atom stereocenters. The van der Waals surface area contributed by atoms with E-state index in [1.54, 1.807) is 18.2 Å². The molecule has 3 aromatic rings. The number of amides is 1. The monoisotopic (exact) mass is 482 g/mol. The predicted octanol–water partition coefficient (Wildman–Crippen LogP) is 3.43. The summed E-state index contributed by atoms with van der Waals surface area (Å²) in [5, 5.41) is 7.10. The van der Waals surface area contributed by atoms with Crippen LogP contribution in [0.15, 0.2) is 59.5 Å². The van der Waals surface area contributed by atoms with Crippen LogP contribution < -0.4 is 4.74 Å². The van der Waals surface area contributed by atoms with Crippen molar-refractivity contribution >= 4 is 15.9 Å². The first kappa shape index (κ1) is 24.0. The lowest BCUT2D eigenvalue weighted by atomic mass is 9.90. The van der Waals surface area contributed by atoms with Gasteiger partial charge in [0.15, 0.2) is 0 Å². The molecule has 0 aliphatic carbocycles. The lowest BCUT2D eigenvalue weighted by Gasteiger charge is -2.31. The van der Waals surface area contributed by atoms with E-state index in [-0.39, 0.29) is 16.6 Å². The van der Waals surface area contributed by atoms with Gasteiger partial charge in [-0.2, -0.15) is 5.10 Å². The zero-order valence-electron chi connectivity index (χ0n) is 19.7. The summed E-state index contributed by atoms with van der Waals surface area (Å²) in [6, 6.07) is 17.0.